The summed E-state index contributed by atoms with van der Waals surface area (Å²) >= 11 is 0. The van der Waals surface area contributed by atoms with Crippen LogP contribution in [0.2, 0.25) is 0 Å². The lowest BCUT2D eigenvalue weighted by Gasteiger charge is -2.39. The van der Waals surface area contributed by atoms with Gasteiger partial charge < -0.3 is 9.80 Å². The van der Waals surface area contributed by atoms with E-state index in [2.05, 4.69) is 17.0 Å². The fourth-order valence-electron chi connectivity index (χ4n) is 4.87. The Labute approximate surface area is 159 Å². The quantitative estimate of drug-likeness (QED) is 0.816. The Morgan fingerprint density at radius 1 is 1.19 bits per heavy atom. The van der Waals surface area contributed by atoms with Crippen molar-refractivity contribution in [2.45, 2.75) is 43.7 Å². The lowest BCUT2D eigenvalue weighted by molar-refractivity contribution is 0.0576. The third kappa shape index (κ3) is 3.38. The number of amides is 1. The summed E-state index contributed by atoms with van der Waals surface area (Å²) in [4.78, 5) is 17.8. The van der Waals surface area contributed by atoms with Gasteiger partial charge in [-0.3, -0.25) is 9.48 Å². The van der Waals surface area contributed by atoms with Crippen molar-refractivity contribution in [2.24, 2.45) is 7.05 Å². The average Bonchev–Trinajstić information content (AvgIpc) is 3.18. The van der Waals surface area contributed by atoms with Crippen molar-refractivity contribution >= 4 is 5.91 Å². The van der Waals surface area contributed by atoms with Crippen LogP contribution in [0.15, 0.2) is 36.5 Å². The van der Waals surface area contributed by atoms with Crippen LogP contribution in [0.4, 0.5) is 4.39 Å². The normalized spacial score (nSPS) is 26.5. The van der Waals surface area contributed by atoms with Gasteiger partial charge in [-0.2, -0.15) is 5.10 Å². The molecule has 27 heavy (non-hydrogen) atoms. The summed E-state index contributed by atoms with van der Waals surface area (Å²) in [7, 11) is 3.94. The number of nitrogens with zero attached hydrogens (tertiary/aromatic N) is 4. The van der Waals surface area contributed by atoms with E-state index in [9.17, 15) is 9.18 Å². The van der Waals surface area contributed by atoms with Crippen LogP contribution < -0.4 is 0 Å². The summed E-state index contributed by atoms with van der Waals surface area (Å²) < 4.78 is 15.6. The van der Waals surface area contributed by atoms with E-state index in [1.54, 1.807) is 36.1 Å². The number of carbonyl (C=O) groups excluding carboxylic acids is 1. The first-order valence-electron chi connectivity index (χ1n) is 9.81. The van der Waals surface area contributed by atoms with Crippen LogP contribution in [0.3, 0.4) is 0 Å². The number of rotatable bonds is 2. The van der Waals surface area contributed by atoms with Gasteiger partial charge in [0.25, 0.3) is 5.91 Å². The molecule has 1 aromatic carbocycles. The van der Waals surface area contributed by atoms with Crippen LogP contribution in [0.25, 0.3) is 0 Å². The summed E-state index contributed by atoms with van der Waals surface area (Å²) in [5, 5.41) is 4.17. The number of likely N-dealkylation sites (N-methyl/N-ethyl adjacent to an activating group) is 1. The van der Waals surface area contributed by atoms with Crippen LogP contribution in [-0.4, -0.2) is 57.7 Å². The van der Waals surface area contributed by atoms with Crippen LogP contribution in [0.1, 0.15) is 47.7 Å². The molecule has 0 radical (unpaired) electrons. The maximum absolute atomic E-state index is 13.9. The molecule has 0 saturated carbocycles. The van der Waals surface area contributed by atoms with Crippen LogP contribution in [-0.2, 0) is 7.05 Å². The van der Waals surface area contributed by atoms with Crippen molar-refractivity contribution in [3.05, 3.63) is 53.6 Å². The van der Waals surface area contributed by atoms with Gasteiger partial charge in [0.1, 0.15) is 11.5 Å². The van der Waals surface area contributed by atoms with Crippen LogP contribution in [0, 0.1) is 5.82 Å². The van der Waals surface area contributed by atoms with Gasteiger partial charge in [-0.05, 0) is 43.7 Å². The molecule has 0 bridgehead atoms. The van der Waals surface area contributed by atoms with Crippen LogP contribution in [0.5, 0.6) is 0 Å². The molecule has 144 valence electrons. The second-order valence-electron chi connectivity index (χ2n) is 7.85. The van der Waals surface area contributed by atoms with E-state index in [1.165, 1.54) is 12.5 Å². The Kier molecular flexibility index (Phi) is 5.00. The number of fused-ring (bicyclic) bond motifs is 1. The van der Waals surface area contributed by atoms with Crippen molar-refractivity contribution in [3.8, 4) is 0 Å². The van der Waals surface area contributed by atoms with E-state index in [0.717, 1.165) is 37.9 Å². The van der Waals surface area contributed by atoms with Crippen molar-refractivity contribution in [2.75, 3.05) is 20.1 Å². The molecule has 1 aromatic heterocycles. The minimum Gasteiger partial charge on any atom is -0.332 e. The number of hydrogen-bond acceptors (Lipinski definition) is 3. The SMILES string of the molecule is CN1C[C@@H](c2cccc(F)c2)[C@H]2[C@H]1CCCCCN2C(=O)c1ccnn1C. The molecule has 3 heterocycles. The molecule has 0 spiro atoms. The highest BCUT2D eigenvalue weighted by molar-refractivity contribution is 5.93. The lowest BCUT2D eigenvalue weighted by atomic mass is 9.86. The highest BCUT2D eigenvalue weighted by atomic mass is 19.1. The first-order valence-corrected chi connectivity index (χ1v) is 9.81. The maximum atomic E-state index is 13.9. The van der Waals surface area contributed by atoms with E-state index in [-0.39, 0.29) is 23.7 Å². The monoisotopic (exact) mass is 370 g/mol. The fraction of sp³-hybridized carbons (Fsp3) is 0.524. The highest BCUT2D eigenvalue weighted by Crippen LogP contribution is 2.39. The molecule has 0 unspecified atom stereocenters. The molecule has 1 amide bonds. The third-order valence-corrected chi connectivity index (χ3v) is 6.19. The Morgan fingerprint density at radius 3 is 2.78 bits per heavy atom. The van der Waals surface area contributed by atoms with E-state index in [0.29, 0.717) is 11.7 Å². The molecule has 2 fully saturated rings. The largest absolute Gasteiger partial charge is 0.332 e. The first kappa shape index (κ1) is 18.2. The van der Waals surface area contributed by atoms with Gasteiger partial charge in [-0.15, -0.1) is 0 Å². The van der Waals surface area contributed by atoms with Gasteiger partial charge in [0.15, 0.2) is 0 Å². The molecule has 3 atom stereocenters. The number of benzene rings is 1. The molecule has 2 saturated heterocycles. The van der Waals surface area contributed by atoms with E-state index in [1.807, 2.05) is 11.0 Å². The summed E-state index contributed by atoms with van der Waals surface area (Å²) in [5.74, 6) is -0.0662. The smallest absolute Gasteiger partial charge is 0.272 e. The zero-order valence-corrected chi connectivity index (χ0v) is 16.0. The highest BCUT2D eigenvalue weighted by Gasteiger charge is 2.46. The third-order valence-electron chi connectivity index (χ3n) is 6.19. The summed E-state index contributed by atoms with van der Waals surface area (Å²) in [6.45, 7) is 1.58. The average molecular weight is 370 g/mol. The van der Waals surface area contributed by atoms with Crippen LogP contribution >= 0.6 is 0 Å². The minimum atomic E-state index is -0.214. The molecule has 2 aromatic rings. The Bertz CT molecular complexity index is 820. The molecule has 6 heteroatoms. The van der Waals surface area contributed by atoms with Gasteiger partial charge in [0, 0.05) is 38.3 Å². The lowest BCUT2D eigenvalue weighted by Crippen LogP contribution is -2.50. The molecular weight excluding hydrogens is 343 g/mol. The summed E-state index contributed by atoms with van der Waals surface area (Å²) in [6.07, 6.45) is 6.06. The number of carbonyl (C=O) groups is 1. The van der Waals surface area contributed by atoms with Gasteiger partial charge >= 0.3 is 0 Å². The molecule has 0 aliphatic carbocycles. The van der Waals surface area contributed by atoms with Gasteiger partial charge in [0.2, 0.25) is 0 Å². The predicted octanol–water partition coefficient (Wildman–Crippen LogP) is 3.04. The standard InChI is InChI=1S/C21H27FN4O/c1-24-14-17(15-7-6-8-16(22)13-15)20-18(24)9-4-3-5-12-26(20)21(27)19-10-11-23-25(19)2/h6-8,10-11,13,17-18,20H,3-5,9,12,14H2,1-2H3/t17-,18+,20-/m0/s1. The van der Waals surface area contributed by atoms with E-state index < -0.39 is 0 Å². The number of likely N-dealkylation sites (tertiary alicyclic amines) is 2. The predicted molar refractivity (Wildman–Crippen MR) is 102 cm³/mol. The van der Waals surface area contributed by atoms with Gasteiger partial charge in [-0.25, -0.2) is 4.39 Å². The maximum Gasteiger partial charge on any atom is 0.272 e. The Morgan fingerprint density at radius 2 is 2.04 bits per heavy atom. The van der Waals surface area contributed by atoms with Crippen molar-refractivity contribution in [3.63, 3.8) is 0 Å². The van der Waals surface area contributed by atoms with Crippen molar-refractivity contribution in [1.29, 1.82) is 0 Å². The molecule has 4 rings (SSSR count). The van der Waals surface area contributed by atoms with Gasteiger partial charge in [-0.1, -0.05) is 25.0 Å². The topological polar surface area (TPSA) is 41.4 Å². The minimum absolute atomic E-state index is 0.0311. The number of halogens is 1. The number of hydrogen-bond donors (Lipinski definition) is 0. The molecule has 2 aliphatic heterocycles. The number of aromatic nitrogens is 2. The molecule has 2 aliphatic rings. The summed E-state index contributed by atoms with van der Waals surface area (Å²) in [6, 6.07) is 9.02. The van der Waals surface area contributed by atoms with Crippen molar-refractivity contribution in [1.82, 2.24) is 19.6 Å². The van der Waals surface area contributed by atoms with E-state index >= 15 is 0 Å². The zero-order chi connectivity index (χ0) is 19.0. The fourth-order valence-corrected chi connectivity index (χ4v) is 4.87. The number of aryl methyl sites for hydroxylation is 1. The Balaban J connectivity index is 1.74. The zero-order valence-electron chi connectivity index (χ0n) is 16.0. The second-order valence-corrected chi connectivity index (χ2v) is 7.85. The summed E-state index contributed by atoms with van der Waals surface area (Å²) in [5.41, 5.74) is 1.60. The van der Waals surface area contributed by atoms with Gasteiger partial charge in [0.05, 0.1) is 6.04 Å². The Hall–Kier alpha value is -2.21. The van der Waals surface area contributed by atoms with E-state index in [4.69, 9.17) is 0 Å². The van der Waals surface area contributed by atoms with Crippen molar-refractivity contribution < 1.29 is 9.18 Å². The molecule has 0 N–H and O–H groups in total. The second kappa shape index (κ2) is 7.43. The molecule has 5 nitrogen and oxygen atoms in total. The molecular formula is C21H27FN4O. The first-order chi connectivity index (χ1) is 13.1.